The van der Waals surface area contributed by atoms with Crippen LogP contribution in [0.15, 0.2) is 21.4 Å². The van der Waals surface area contributed by atoms with Crippen molar-refractivity contribution in [2.75, 3.05) is 0 Å². The fourth-order valence-corrected chi connectivity index (χ4v) is 1.67. The van der Waals surface area contributed by atoms with Crippen LogP contribution < -0.4 is 5.73 Å². The molecule has 0 aromatic carbocycles. The van der Waals surface area contributed by atoms with E-state index >= 15 is 0 Å². The van der Waals surface area contributed by atoms with E-state index in [1.807, 2.05) is 6.07 Å². The van der Waals surface area contributed by atoms with Crippen molar-refractivity contribution < 1.29 is 4.42 Å². The van der Waals surface area contributed by atoms with E-state index in [2.05, 4.69) is 15.9 Å². The smallest absolute Gasteiger partial charge is 0.169 e. The van der Waals surface area contributed by atoms with Gasteiger partial charge in [0.05, 0.1) is 6.26 Å². The first-order valence-electron chi connectivity index (χ1n) is 4.20. The summed E-state index contributed by atoms with van der Waals surface area (Å²) in [5.74, 6) is 0. The summed E-state index contributed by atoms with van der Waals surface area (Å²) in [6, 6.07) is 2.01. The first-order chi connectivity index (χ1) is 5.68. The number of furan rings is 1. The van der Waals surface area contributed by atoms with Crippen molar-refractivity contribution in [1.29, 1.82) is 0 Å². The van der Waals surface area contributed by atoms with Gasteiger partial charge in [0.15, 0.2) is 4.67 Å². The summed E-state index contributed by atoms with van der Waals surface area (Å²) in [4.78, 5) is 0. The second-order valence-corrected chi connectivity index (χ2v) is 4.40. The molecule has 1 aromatic rings. The van der Waals surface area contributed by atoms with E-state index in [0.717, 1.165) is 17.5 Å². The van der Waals surface area contributed by atoms with E-state index in [1.54, 1.807) is 6.26 Å². The lowest BCUT2D eigenvalue weighted by atomic mass is 10.1. The van der Waals surface area contributed by atoms with Crippen molar-refractivity contribution in [1.82, 2.24) is 0 Å². The van der Waals surface area contributed by atoms with Crippen LogP contribution in [0, 0.1) is 0 Å². The molecule has 2 N–H and O–H groups in total. The molecule has 0 atom stereocenters. The average Bonchev–Trinajstić information content (AvgIpc) is 2.60. The van der Waals surface area contributed by atoms with Gasteiger partial charge in [0.25, 0.3) is 0 Å². The minimum atomic E-state index is 0.156. The van der Waals surface area contributed by atoms with Gasteiger partial charge in [-0.1, -0.05) is 0 Å². The van der Waals surface area contributed by atoms with Crippen LogP contribution in [0.25, 0.3) is 0 Å². The van der Waals surface area contributed by atoms with E-state index in [4.69, 9.17) is 10.2 Å². The fourth-order valence-electron chi connectivity index (χ4n) is 1.28. The highest BCUT2D eigenvalue weighted by Crippen LogP contribution is 2.36. The molecule has 0 radical (unpaired) electrons. The van der Waals surface area contributed by atoms with Crippen LogP contribution in [0.1, 0.15) is 24.8 Å². The summed E-state index contributed by atoms with van der Waals surface area (Å²) >= 11 is 3.27. The predicted octanol–water partition coefficient (Wildman–Crippen LogP) is 2.47. The maximum atomic E-state index is 5.96. The molecule has 1 aliphatic rings. The van der Waals surface area contributed by atoms with Crippen molar-refractivity contribution in [2.24, 2.45) is 5.73 Å². The molecular weight excluding hydrogens is 218 g/mol. The molecule has 0 unspecified atom stereocenters. The number of halogens is 1. The lowest BCUT2D eigenvalue weighted by Crippen LogP contribution is -2.21. The minimum absolute atomic E-state index is 0.156. The van der Waals surface area contributed by atoms with Crippen LogP contribution in [0.4, 0.5) is 0 Å². The number of rotatable bonds is 3. The number of nitrogens with two attached hydrogens (primary N) is 1. The molecule has 1 saturated carbocycles. The Balaban J connectivity index is 1.87. The molecule has 0 bridgehead atoms. The minimum Gasteiger partial charge on any atom is -0.457 e. The van der Waals surface area contributed by atoms with Crippen LogP contribution in [0.3, 0.4) is 0 Å². The van der Waals surface area contributed by atoms with Crippen molar-refractivity contribution in [2.45, 2.75) is 31.2 Å². The number of hydrogen-bond donors (Lipinski definition) is 1. The Morgan fingerprint density at radius 1 is 1.58 bits per heavy atom. The second-order valence-electron chi connectivity index (χ2n) is 3.62. The van der Waals surface area contributed by atoms with E-state index in [9.17, 15) is 0 Å². The lowest BCUT2D eigenvalue weighted by Gasteiger charge is -2.05. The quantitative estimate of drug-likeness (QED) is 0.866. The maximum Gasteiger partial charge on any atom is 0.169 e. The highest BCUT2D eigenvalue weighted by atomic mass is 79.9. The summed E-state index contributed by atoms with van der Waals surface area (Å²) in [5, 5.41) is 0. The van der Waals surface area contributed by atoms with Gasteiger partial charge in [0.2, 0.25) is 0 Å². The van der Waals surface area contributed by atoms with Gasteiger partial charge in [-0.3, -0.25) is 0 Å². The van der Waals surface area contributed by atoms with Gasteiger partial charge in [-0.25, -0.2) is 0 Å². The zero-order valence-electron chi connectivity index (χ0n) is 6.85. The molecule has 1 aliphatic carbocycles. The van der Waals surface area contributed by atoms with Gasteiger partial charge < -0.3 is 10.2 Å². The normalized spacial score (nSPS) is 19.5. The zero-order chi connectivity index (χ0) is 8.60. The van der Waals surface area contributed by atoms with Gasteiger partial charge in [0.1, 0.15) is 0 Å². The van der Waals surface area contributed by atoms with E-state index < -0.39 is 0 Å². The first-order valence-corrected chi connectivity index (χ1v) is 4.99. The summed E-state index contributed by atoms with van der Waals surface area (Å²) in [5.41, 5.74) is 7.35. The second kappa shape index (κ2) is 2.89. The van der Waals surface area contributed by atoms with Gasteiger partial charge in [0, 0.05) is 5.54 Å². The molecule has 1 aromatic heterocycles. The topological polar surface area (TPSA) is 39.2 Å². The van der Waals surface area contributed by atoms with Crippen LogP contribution in [-0.4, -0.2) is 5.54 Å². The van der Waals surface area contributed by atoms with Crippen molar-refractivity contribution in [3.63, 3.8) is 0 Å². The highest BCUT2D eigenvalue weighted by molar-refractivity contribution is 9.10. The molecular formula is C9H12BrNO. The standard InChI is InChI=1S/C9H12BrNO/c10-8-5-7(6-12-8)1-2-9(11)3-4-9/h5-6H,1-4,11H2. The van der Waals surface area contributed by atoms with E-state index in [-0.39, 0.29) is 5.54 Å². The third-order valence-corrected chi connectivity index (χ3v) is 2.84. The molecule has 2 nitrogen and oxygen atoms in total. The molecule has 0 aliphatic heterocycles. The number of aryl methyl sites for hydroxylation is 1. The summed E-state index contributed by atoms with van der Waals surface area (Å²) in [7, 11) is 0. The Kier molecular flexibility index (Phi) is 2.00. The lowest BCUT2D eigenvalue weighted by molar-refractivity contribution is 0.535. The highest BCUT2D eigenvalue weighted by Gasteiger charge is 2.37. The zero-order valence-corrected chi connectivity index (χ0v) is 8.43. The third kappa shape index (κ3) is 1.90. The van der Waals surface area contributed by atoms with Crippen LogP contribution >= 0.6 is 15.9 Å². The van der Waals surface area contributed by atoms with Gasteiger partial charge in [-0.05, 0) is 53.2 Å². The summed E-state index contributed by atoms with van der Waals surface area (Å²) in [6.07, 6.45) is 6.28. The Labute approximate surface area is 80.3 Å². The predicted molar refractivity (Wildman–Crippen MR) is 50.9 cm³/mol. The van der Waals surface area contributed by atoms with E-state index in [1.165, 1.54) is 18.4 Å². The largest absolute Gasteiger partial charge is 0.457 e. The summed E-state index contributed by atoms with van der Waals surface area (Å²) in [6.45, 7) is 0. The third-order valence-electron chi connectivity index (χ3n) is 2.43. The molecule has 66 valence electrons. The Bertz CT molecular complexity index is 278. The molecule has 3 heteroatoms. The SMILES string of the molecule is NC1(CCc2coc(Br)c2)CC1. The Morgan fingerprint density at radius 2 is 2.33 bits per heavy atom. The average molecular weight is 230 g/mol. The van der Waals surface area contributed by atoms with Crippen LogP contribution in [0.2, 0.25) is 0 Å². The van der Waals surface area contributed by atoms with Gasteiger partial charge >= 0.3 is 0 Å². The molecule has 0 saturated heterocycles. The Hall–Kier alpha value is -0.280. The molecule has 0 spiro atoms. The molecule has 0 amide bonds. The van der Waals surface area contributed by atoms with Crippen molar-refractivity contribution in [3.05, 3.63) is 22.6 Å². The number of hydrogen-bond acceptors (Lipinski definition) is 2. The van der Waals surface area contributed by atoms with Gasteiger partial charge in [-0.2, -0.15) is 0 Å². The Morgan fingerprint density at radius 3 is 2.83 bits per heavy atom. The first kappa shape index (κ1) is 8.32. The molecule has 2 rings (SSSR count). The summed E-state index contributed by atoms with van der Waals surface area (Å²) < 4.78 is 5.93. The molecule has 1 fully saturated rings. The van der Waals surface area contributed by atoms with Crippen LogP contribution in [0.5, 0.6) is 0 Å². The van der Waals surface area contributed by atoms with E-state index in [0.29, 0.717) is 0 Å². The van der Waals surface area contributed by atoms with Gasteiger partial charge in [-0.15, -0.1) is 0 Å². The maximum absolute atomic E-state index is 5.96. The van der Waals surface area contributed by atoms with Crippen molar-refractivity contribution >= 4 is 15.9 Å². The molecule has 12 heavy (non-hydrogen) atoms. The molecule has 1 heterocycles. The monoisotopic (exact) mass is 229 g/mol. The van der Waals surface area contributed by atoms with Crippen LogP contribution in [-0.2, 0) is 6.42 Å². The van der Waals surface area contributed by atoms with Crippen molar-refractivity contribution in [3.8, 4) is 0 Å². The fraction of sp³-hybridized carbons (Fsp3) is 0.556.